The number of rotatable bonds is 5. The van der Waals surface area contributed by atoms with E-state index in [2.05, 4.69) is 0 Å². The van der Waals surface area contributed by atoms with Gasteiger partial charge in [0.1, 0.15) is 6.04 Å². The summed E-state index contributed by atoms with van der Waals surface area (Å²) in [4.78, 5) is 42.8. The zero-order valence-electron chi connectivity index (χ0n) is 19.0. The number of benzene rings is 2. The second kappa shape index (κ2) is 9.10. The lowest BCUT2D eigenvalue weighted by Crippen LogP contribution is -2.59. The largest absolute Gasteiger partial charge is 0.549 e. The lowest BCUT2D eigenvalue weighted by atomic mass is 9.79. The van der Waals surface area contributed by atoms with Crippen LogP contribution >= 0.6 is 0 Å². The quantitative estimate of drug-likeness (QED) is 0.660. The summed E-state index contributed by atoms with van der Waals surface area (Å²) in [5.41, 5.74) is 0.759. The Morgan fingerprint density at radius 1 is 0.912 bits per heavy atom. The summed E-state index contributed by atoms with van der Waals surface area (Å²) in [6.45, 7) is 2.29. The Morgan fingerprint density at radius 2 is 1.50 bits per heavy atom. The Morgan fingerprint density at radius 3 is 2.06 bits per heavy atom. The monoisotopic (exact) mass is 462 g/mol. The predicted molar refractivity (Wildman–Crippen MR) is 121 cm³/mol. The van der Waals surface area contributed by atoms with Crippen molar-refractivity contribution >= 4 is 18.0 Å². The van der Waals surface area contributed by atoms with Gasteiger partial charge in [-0.25, -0.2) is 4.79 Å². The molecule has 0 radical (unpaired) electrons. The molecule has 0 saturated carbocycles. The van der Waals surface area contributed by atoms with Crippen molar-refractivity contribution in [2.24, 2.45) is 5.92 Å². The summed E-state index contributed by atoms with van der Waals surface area (Å²) >= 11 is 0. The highest BCUT2D eigenvalue weighted by Crippen LogP contribution is 2.46. The van der Waals surface area contributed by atoms with E-state index in [1.807, 2.05) is 70.5 Å². The number of hydrogen-bond donors (Lipinski definition) is 0. The highest BCUT2D eigenvalue weighted by molar-refractivity contribution is 5.80. The van der Waals surface area contributed by atoms with Gasteiger partial charge in [-0.2, -0.15) is 0 Å². The van der Waals surface area contributed by atoms with Crippen molar-refractivity contribution < 1.29 is 24.2 Å². The van der Waals surface area contributed by atoms with E-state index in [4.69, 9.17) is 4.74 Å². The Hall–Kier alpha value is -3.39. The number of ether oxygens (including phenoxy) is 1. The highest BCUT2D eigenvalue weighted by Gasteiger charge is 2.58. The van der Waals surface area contributed by atoms with Crippen LogP contribution in [-0.4, -0.2) is 78.0 Å². The second-order valence-corrected chi connectivity index (χ2v) is 9.25. The molecule has 0 bridgehead atoms. The van der Waals surface area contributed by atoms with Gasteiger partial charge in [-0.3, -0.25) is 14.6 Å². The smallest absolute Gasteiger partial charge is 0.411 e. The summed E-state index contributed by atoms with van der Waals surface area (Å²) in [5, 5.41) is 10.9. The molecule has 0 N–H and O–H groups in total. The van der Waals surface area contributed by atoms with Crippen LogP contribution in [0.5, 0.6) is 0 Å². The van der Waals surface area contributed by atoms with E-state index < -0.39 is 11.6 Å². The first kappa shape index (κ1) is 22.4. The molecule has 8 heteroatoms. The summed E-state index contributed by atoms with van der Waals surface area (Å²) in [6, 6.07) is 19.1. The molecule has 3 saturated heterocycles. The maximum Gasteiger partial charge on any atom is 0.411 e. The molecule has 34 heavy (non-hydrogen) atoms. The lowest BCUT2D eigenvalue weighted by Gasteiger charge is -2.43. The van der Waals surface area contributed by atoms with E-state index >= 15 is 0 Å². The van der Waals surface area contributed by atoms with Gasteiger partial charge in [0.15, 0.2) is 5.60 Å². The van der Waals surface area contributed by atoms with Crippen molar-refractivity contribution in [2.45, 2.75) is 24.5 Å². The first-order valence-corrected chi connectivity index (χ1v) is 11.8. The maximum atomic E-state index is 13.5. The number of nitrogens with zero attached hydrogens (tertiary/aromatic N) is 3. The standard InChI is InChI=1S/C26H29N3O5/c30-23(31)18-27-13-11-19(12-14-27)24(32)28-15-16-29-22(17-28)26(34-25(29)33,20-7-3-1-4-8-20)21-9-5-2-6-10-21/h1-10,19,22H,11-18H2,(H,30,31)/p-1. The number of piperidine rings is 1. The van der Waals surface area contributed by atoms with E-state index in [9.17, 15) is 19.5 Å². The molecule has 0 aromatic heterocycles. The van der Waals surface area contributed by atoms with E-state index in [-0.39, 0.29) is 30.5 Å². The number of carboxylic acid groups (broad SMARTS) is 1. The molecular formula is C26H28N3O5-. The van der Waals surface area contributed by atoms with Gasteiger partial charge < -0.3 is 19.5 Å². The fraction of sp³-hybridized carbons (Fsp3) is 0.423. The van der Waals surface area contributed by atoms with Crippen molar-refractivity contribution in [1.29, 1.82) is 0 Å². The van der Waals surface area contributed by atoms with Gasteiger partial charge >= 0.3 is 6.09 Å². The summed E-state index contributed by atoms with van der Waals surface area (Å²) in [5.74, 6) is -1.17. The molecule has 3 heterocycles. The van der Waals surface area contributed by atoms with Crippen LogP contribution in [0.25, 0.3) is 0 Å². The molecule has 5 rings (SSSR count). The molecule has 0 aliphatic carbocycles. The predicted octanol–water partition coefficient (Wildman–Crippen LogP) is 1.06. The van der Waals surface area contributed by atoms with Crippen LogP contribution in [0.2, 0.25) is 0 Å². The first-order chi connectivity index (χ1) is 16.5. The first-order valence-electron chi connectivity index (χ1n) is 11.8. The van der Waals surface area contributed by atoms with Gasteiger partial charge in [-0.15, -0.1) is 0 Å². The van der Waals surface area contributed by atoms with Crippen LogP contribution < -0.4 is 5.11 Å². The van der Waals surface area contributed by atoms with E-state index in [0.717, 1.165) is 11.1 Å². The zero-order chi connectivity index (χ0) is 23.7. The number of likely N-dealkylation sites (tertiary alicyclic amines) is 1. The van der Waals surface area contributed by atoms with Crippen molar-refractivity contribution in [3.8, 4) is 0 Å². The highest BCUT2D eigenvalue weighted by atomic mass is 16.6. The average molecular weight is 463 g/mol. The topological polar surface area (TPSA) is 93.2 Å². The van der Waals surface area contributed by atoms with Gasteiger partial charge in [0.25, 0.3) is 0 Å². The zero-order valence-corrected chi connectivity index (χ0v) is 19.0. The number of carbonyl (C=O) groups excluding carboxylic acids is 3. The molecular weight excluding hydrogens is 434 g/mol. The number of fused-ring (bicyclic) bond motifs is 1. The average Bonchev–Trinajstić information content (AvgIpc) is 3.17. The summed E-state index contributed by atoms with van der Waals surface area (Å²) in [6.07, 6.45) is 0.879. The molecule has 8 nitrogen and oxygen atoms in total. The number of cyclic esters (lactones) is 1. The molecule has 178 valence electrons. The third-order valence-electron chi connectivity index (χ3n) is 7.34. The van der Waals surface area contributed by atoms with Crippen LogP contribution in [0.15, 0.2) is 60.7 Å². The number of carbonyl (C=O) groups is 3. The molecule has 3 aliphatic heterocycles. The fourth-order valence-electron chi connectivity index (χ4n) is 5.63. The summed E-state index contributed by atoms with van der Waals surface area (Å²) in [7, 11) is 0. The normalized spacial score (nSPS) is 22.8. The summed E-state index contributed by atoms with van der Waals surface area (Å²) < 4.78 is 6.17. The Kier molecular flexibility index (Phi) is 6.00. The molecule has 1 unspecified atom stereocenters. The molecule has 3 fully saturated rings. The van der Waals surface area contributed by atoms with Crippen molar-refractivity contribution in [2.75, 3.05) is 39.3 Å². The fourth-order valence-corrected chi connectivity index (χ4v) is 5.63. The van der Waals surface area contributed by atoms with Crippen molar-refractivity contribution in [3.63, 3.8) is 0 Å². The van der Waals surface area contributed by atoms with Gasteiger partial charge in [-0.1, -0.05) is 60.7 Å². The number of aliphatic carboxylic acids is 1. The molecule has 2 aromatic carbocycles. The number of carboxylic acids is 1. The number of piperazine rings is 1. The van der Waals surface area contributed by atoms with E-state index in [1.54, 1.807) is 4.90 Å². The minimum Gasteiger partial charge on any atom is -0.549 e. The minimum atomic E-state index is -1.09. The SMILES string of the molecule is O=C([O-])CN1CCC(C(=O)N2CCN3C(=O)OC(c4ccccc4)(c4ccccc4)C3C2)CC1. The van der Waals surface area contributed by atoms with Crippen LogP contribution in [0, 0.1) is 5.92 Å². The van der Waals surface area contributed by atoms with Gasteiger partial charge in [-0.05, 0) is 25.9 Å². The third-order valence-corrected chi connectivity index (χ3v) is 7.34. The van der Waals surface area contributed by atoms with Crippen LogP contribution in [0.4, 0.5) is 4.79 Å². The minimum absolute atomic E-state index is 0.0714. The number of hydrogen-bond acceptors (Lipinski definition) is 6. The maximum absolute atomic E-state index is 13.5. The van der Waals surface area contributed by atoms with Crippen LogP contribution in [-0.2, 0) is 19.9 Å². The third kappa shape index (κ3) is 3.92. The molecule has 2 amide bonds. The lowest BCUT2D eigenvalue weighted by molar-refractivity contribution is -0.306. The Labute approximate surface area is 198 Å². The second-order valence-electron chi connectivity index (χ2n) is 9.25. The van der Waals surface area contributed by atoms with Crippen LogP contribution in [0.3, 0.4) is 0 Å². The van der Waals surface area contributed by atoms with Crippen molar-refractivity contribution in [1.82, 2.24) is 14.7 Å². The van der Waals surface area contributed by atoms with Gasteiger partial charge in [0, 0.05) is 43.2 Å². The molecule has 0 spiro atoms. The Bertz CT molecular complexity index is 1010. The molecule has 1 atom stereocenters. The Balaban J connectivity index is 1.41. The van der Waals surface area contributed by atoms with E-state index in [0.29, 0.717) is 45.6 Å². The number of amides is 2. The molecule has 2 aromatic rings. The van der Waals surface area contributed by atoms with Gasteiger partial charge in [0.2, 0.25) is 5.91 Å². The van der Waals surface area contributed by atoms with E-state index in [1.165, 1.54) is 0 Å². The van der Waals surface area contributed by atoms with Gasteiger partial charge in [0.05, 0.1) is 5.97 Å². The molecule has 3 aliphatic rings. The van der Waals surface area contributed by atoms with Crippen molar-refractivity contribution in [3.05, 3.63) is 71.8 Å². The van der Waals surface area contributed by atoms with Crippen LogP contribution in [0.1, 0.15) is 24.0 Å².